The first-order valence-corrected chi connectivity index (χ1v) is 6.42. The van der Waals surface area contributed by atoms with Crippen molar-refractivity contribution < 1.29 is 26.3 Å². The van der Waals surface area contributed by atoms with Crippen LogP contribution in [0.5, 0.6) is 0 Å². The maximum absolute atomic E-state index is 13.0. The van der Waals surface area contributed by atoms with E-state index in [1.807, 2.05) is 0 Å². The van der Waals surface area contributed by atoms with Crippen molar-refractivity contribution in [3.63, 3.8) is 0 Å². The Bertz CT molecular complexity index is 919. The maximum atomic E-state index is 13.0. The van der Waals surface area contributed by atoms with E-state index in [0.29, 0.717) is 4.68 Å². The van der Waals surface area contributed by atoms with Crippen molar-refractivity contribution in [3.8, 4) is 5.95 Å². The summed E-state index contributed by atoms with van der Waals surface area (Å²) >= 11 is 0. The normalized spacial score (nSPS) is 13.0. The number of rotatable bonds is 1. The number of hydrogen-bond donors (Lipinski definition) is 0. The van der Waals surface area contributed by atoms with Gasteiger partial charge >= 0.3 is 12.4 Å². The van der Waals surface area contributed by atoms with Crippen LogP contribution in [0.3, 0.4) is 0 Å². The van der Waals surface area contributed by atoms with Crippen LogP contribution in [0.1, 0.15) is 22.8 Å². The van der Waals surface area contributed by atoms with Gasteiger partial charge in [-0.2, -0.15) is 45.6 Å². The Kier molecular flexibility index (Phi) is 3.32. The smallest absolute Gasteiger partial charge is 0.206 e. The zero-order chi connectivity index (χ0) is 17.9. The number of fused-ring (bicyclic) bond motifs is 1. The molecule has 0 atom stereocenters. The second-order valence-electron chi connectivity index (χ2n) is 4.98. The summed E-state index contributed by atoms with van der Waals surface area (Å²) in [4.78, 5) is 6.94. The van der Waals surface area contributed by atoms with Gasteiger partial charge in [-0.1, -0.05) is 0 Å². The van der Waals surface area contributed by atoms with E-state index in [0.717, 1.165) is 16.6 Å². The third-order valence-corrected chi connectivity index (χ3v) is 3.08. The number of aromatic nitrogens is 6. The fraction of sp³-hybridized carbons (Fsp3) is 0.333. The van der Waals surface area contributed by atoms with Crippen LogP contribution >= 0.6 is 0 Å². The van der Waals surface area contributed by atoms with Gasteiger partial charge in [0.15, 0.2) is 5.69 Å². The molecule has 24 heavy (non-hydrogen) atoms. The first-order chi connectivity index (χ1) is 11.0. The number of halogens is 6. The lowest BCUT2D eigenvalue weighted by Crippen LogP contribution is -2.14. The van der Waals surface area contributed by atoms with Crippen LogP contribution in [0.2, 0.25) is 0 Å². The summed E-state index contributed by atoms with van der Waals surface area (Å²) in [6.45, 7) is 2.65. The minimum atomic E-state index is -4.72. The van der Waals surface area contributed by atoms with Crippen molar-refractivity contribution in [1.82, 2.24) is 29.4 Å². The number of alkyl halides is 6. The van der Waals surface area contributed by atoms with Crippen molar-refractivity contribution in [1.29, 1.82) is 0 Å². The molecular formula is C12H8F6N6. The molecule has 0 unspecified atom stereocenters. The molecule has 12 heteroatoms. The third-order valence-electron chi connectivity index (χ3n) is 3.08. The quantitative estimate of drug-likeness (QED) is 0.633. The Morgan fingerprint density at radius 1 is 0.875 bits per heavy atom. The molecule has 0 aliphatic carbocycles. The second-order valence-corrected chi connectivity index (χ2v) is 4.98. The van der Waals surface area contributed by atoms with E-state index in [4.69, 9.17) is 0 Å². The lowest BCUT2D eigenvalue weighted by atomic mass is 10.3. The van der Waals surface area contributed by atoms with Crippen molar-refractivity contribution in [2.75, 3.05) is 0 Å². The molecule has 0 saturated heterocycles. The molecule has 0 spiro atoms. The molecule has 6 nitrogen and oxygen atoms in total. The van der Waals surface area contributed by atoms with Gasteiger partial charge in [-0.05, 0) is 26.0 Å². The standard InChI is InChI=1S/C12H8F6N6/c1-5-3-8(12(16,17)18)24(21-5)10-20-9-19-7(11(13,14)15)4-6(2)23(9)22-10/h3-4H,1-2H3. The molecule has 0 bridgehead atoms. The van der Waals surface area contributed by atoms with Gasteiger partial charge in [-0.25, -0.2) is 4.98 Å². The van der Waals surface area contributed by atoms with Crippen LogP contribution in [-0.4, -0.2) is 29.4 Å². The Labute approximate surface area is 129 Å². The van der Waals surface area contributed by atoms with Gasteiger partial charge in [0.2, 0.25) is 0 Å². The number of nitrogens with zero attached hydrogens (tertiary/aromatic N) is 6. The molecule has 0 aliphatic rings. The topological polar surface area (TPSA) is 60.9 Å². The highest BCUT2D eigenvalue weighted by molar-refractivity contribution is 5.36. The minimum Gasteiger partial charge on any atom is -0.206 e. The molecule has 3 rings (SSSR count). The maximum Gasteiger partial charge on any atom is 0.433 e. The number of aryl methyl sites for hydroxylation is 2. The summed E-state index contributed by atoms with van der Waals surface area (Å²) in [5.74, 6) is -0.996. The average molecular weight is 350 g/mol. The van der Waals surface area contributed by atoms with E-state index in [-0.39, 0.29) is 11.4 Å². The van der Waals surface area contributed by atoms with E-state index in [1.54, 1.807) is 0 Å². The van der Waals surface area contributed by atoms with Gasteiger partial charge in [0.25, 0.3) is 11.7 Å². The lowest BCUT2D eigenvalue weighted by Gasteiger charge is -2.06. The highest BCUT2D eigenvalue weighted by Crippen LogP contribution is 2.31. The van der Waals surface area contributed by atoms with Gasteiger partial charge in [0.05, 0.1) is 5.69 Å². The van der Waals surface area contributed by atoms with Crippen LogP contribution in [0.25, 0.3) is 11.7 Å². The Morgan fingerprint density at radius 2 is 1.54 bits per heavy atom. The first kappa shape index (κ1) is 16.2. The molecule has 0 N–H and O–H groups in total. The largest absolute Gasteiger partial charge is 0.433 e. The van der Waals surface area contributed by atoms with Gasteiger partial charge in [-0.3, -0.25) is 0 Å². The van der Waals surface area contributed by atoms with Crippen molar-refractivity contribution >= 4 is 5.78 Å². The van der Waals surface area contributed by atoms with E-state index >= 15 is 0 Å². The summed E-state index contributed by atoms with van der Waals surface area (Å²) in [6, 6.07) is 1.51. The molecule has 3 aromatic rings. The van der Waals surface area contributed by atoms with Crippen molar-refractivity contribution in [2.24, 2.45) is 0 Å². The molecule has 128 valence electrons. The molecule has 0 radical (unpaired) electrons. The minimum absolute atomic E-state index is 0.0171. The van der Waals surface area contributed by atoms with Crippen LogP contribution in [0, 0.1) is 13.8 Å². The van der Waals surface area contributed by atoms with Gasteiger partial charge in [0, 0.05) is 5.69 Å². The molecule has 0 aromatic carbocycles. The van der Waals surface area contributed by atoms with Crippen LogP contribution in [-0.2, 0) is 12.4 Å². The Balaban J connectivity index is 2.21. The van der Waals surface area contributed by atoms with Crippen molar-refractivity contribution in [3.05, 3.63) is 34.9 Å². The Morgan fingerprint density at radius 3 is 2.12 bits per heavy atom. The molecule has 0 aliphatic heterocycles. The summed E-state index contributed by atoms with van der Waals surface area (Å²) in [7, 11) is 0. The lowest BCUT2D eigenvalue weighted by molar-refractivity contribution is -0.143. The van der Waals surface area contributed by atoms with Gasteiger partial charge in [0.1, 0.15) is 5.69 Å². The average Bonchev–Trinajstić information content (AvgIpc) is 3.00. The number of hydrogen-bond acceptors (Lipinski definition) is 4. The predicted molar refractivity (Wildman–Crippen MR) is 67.4 cm³/mol. The summed E-state index contributed by atoms with van der Waals surface area (Å²) in [5, 5.41) is 7.42. The SMILES string of the molecule is Cc1cc(C(F)(F)F)n(-c2nc3nc(C(F)(F)F)cc(C)n3n2)n1. The van der Waals surface area contributed by atoms with Crippen molar-refractivity contribution in [2.45, 2.75) is 26.2 Å². The fourth-order valence-electron chi connectivity index (χ4n) is 2.09. The van der Waals surface area contributed by atoms with Gasteiger partial charge in [-0.15, -0.1) is 5.10 Å². The molecule has 3 aromatic heterocycles. The monoisotopic (exact) mass is 350 g/mol. The molecule has 0 fully saturated rings. The van der Waals surface area contributed by atoms with E-state index in [2.05, 4.69) is 20.2 Å². The molecule has 0 amide bonds. The van der Waals surface area contributed by atoms with Crippen LogP contribution < -0.4 is 0 Å². The van der Waals surface area contributed by atoms with E-state index < -0.39 is 35.5 Å². The third kappa shape index (κ3) is 2.67. The molecular weight excluding hydrogens is 342 g/mol. The van der Waals surface area contributed by atoms with E-state index in [1.165, 1.54) is 13.8 Å². The first-order valence-electron chi connectivity index (χ1n) is 6.42. The zero-order valence-electron chi connectivity index (χ0n) is 12.1. The molecule has 0 saturated carbocycles. The fourth-order valence-corrected chi connectivity index (χ4v) is 2.09. The highest BCUT2D eigenvalue weighted by Gasteiger charge is 2.37. The zero-order valence-corrected chi connectivity index (χ0v) is 12.1. The predicted octanol–water partition coefficient (Wildman–Crippen LogP) is 2.96. The highest BCUT2D eigenvalue weighted by atomic mass is 19.4. The summed E-state index contributed by atoms with van der Waals surface area (Å²) in [6.07, 6.45) is -9.43. The van der Waals surface area contributed by atoms with Crippen LogP contribution in [0.15, 0.2) is 12.1 Å². The Hall–Kier alpha value is -2.66. The second kappa shape index (κ2) is 4.92. The summed E-state index contributed by atoms with van der Waals surface area (Å²) in [5.41, 5.74) is -2.27. The van der Waals surface area contributed by atoms with Crippen LogP contribution in [0.4, 0.5) is 26.3 Å². The van der Waals surface area contributed by atoms with E-state index in [9.17, 15) is 26.3 Å². The molecule has 3 heterocycles. The van der Waals surface area contributed by atoms with Gasteiger partial charge < -0.3 is 0 Å². The summed E-state index contributed by atoms with van der Waals surface area (Å²) < 4.78 is 78.7.